The minimum Gasteiger partial charge on any atom is -0.412 e. The van der Waals surface area contributed by atoms with E-state index in [9.17, 15) is 34.8 Å². The lowest BCUT2D eigenvalue weighted by molar-refractivity contribution is -0.118. The first-order chi connectivity index (χ1) is 25.9. The standard InChI is InChI=1S/C32H30N8O10S5.H2O/c1-19-29(21-5-7-25(53(3,43)44)23(13-21)39-11-9-33-17-39)51-31(35-19)37-27(41)15-49-55(47,48)50-16-28(42)38-32-36-20(2)30(52-32)22-6-8-26(54(4,45)46)24(14-22)40-12-10-34-18-40;/h5-14,17-18H,15-16H2,1-4H3,(H,35,37,41)(H,36,38,42);1H2. The summed E-state index contributed by atoms with van der Waals surface area (Å²) in [6.07, 6.45) is 11.4. The van der Waals surface area contributed by atoms with Gasteiger partial charge in [-0.05, 0) is 49.2 Å². The van der Waals surface area contributed by atoms with E-state index in [1.165, 1.54) is 37.2 Å². The molecule has 0 saturated carbocycles. The molecule has 0 unspecified atom stereocenters. The molecule has 24 heteroatoms. The SMILES string of the molecule is Cc1nc(NC(=O)COS(=O)(=O)OCC(=O)Nc2nc(C)c(-c3ccc(S(C)(=O)=O)c(-n4ccnc4)c3)s2)sc1-c1ccc(S(C)(=O)=O)c(-n2ccnc2)c1.O. The van der Waals surface area contributed by atoms with E-state index >= 15 is 0 Å². The van der Waals surface area contributed by atoms with E-state index in [2.05, 4.69) is 38.9 Å². The van der Waals surface area contributed by atoms with Gasteiger partial charge < -0.3 is 14.6 Å². The molecule has 2 amide bonds. The highest BCUT2D eigenvalue weighted by Gasteiger charge is 2.22. The summed E-state index contributed by atoms with van der Waals surface area (Å²) in [6.45, 7) is 1.40. The quantitative estimate of drug-likeness (QED) is 0.159. The lowest BCUT2D eigenvalue weighted by Gasteiger charge is -2.11. The fourth-order valence-corrected chi connectivity index (χ4v) is 9.43. The predicted molar refractivity (Wildman–Crippen MR) is 207 cm³/mol. The van der Waals surface area contributed by atoms with Crippen LogP contribution in [0.5, 0.6) is 0 Å². The predicted octanol–water partition coefficient (Wildman–Crippen LogP) is 2.76. The molecule has 0 aliphatic heterocycles. The van der Waals surface area contributed by atoms with Crippen LogP contribution in [-0.4, -0.2) is 97.3 Å². The molecule has 0 atom stereocenters. The van der Waals surface area contributed by atoms with E-state index in [4.69, 9.17) is 0 Å². The second-order valence-corrected chi connectivity index (χ2v) is 19.0. The maximum Gasteiger partial charge on any atom is 0.400 e. The summed E-state index contributed by atoms with van der Waals surface area (Å²) in [5.74, 6) is -1.76. The molecule has 296 valence electrons. The summed E-state index contributed by atoms with van der Waals surface area (Å²) in [6, 6.07) is 9.47. The lowest BCUT2D eigenvalue weighted by atomic mass is 10.1. The molecule has 0 spiro atoms. The van der Waals surface area contributed by atoms with Gasteiger partial charge >= 0.3 is 10.4 Å². The number of carbonyl (C=O) groups is 2. The molecule has 0 aliphatic carbocycles. The highest BCUT2D eigenvalue weighted by molar-refractivity contribution is 7.91. The number of thiazole rings is 2. The second kappa shape index (κ2) is 16.5. The van der Waals surface area contributed by atoms with Crippen molar-refractivity contribution >= 4 is 74.8 Å². The maximum atomic E-state index is 12.6. The summed E-state index contributed by atoms with van der Waals surface area (Å²) in [5.41, 5.74) is 2.99. The lowest BCUT2D eigenvalue weighted by Crippen LogP contribution is -2.25. The second-order valence-electron chi connectivity index (χ2n) is 11.7. The van der Waals surface area contributed by atoms with Crippen LogP contribution in [0.2, 0.25) is 0 Å². The van der Waals surface area contributed by atoms with Crippen molar-refractivity contribution in [1.82, 2.24) is 29.1 Å². The van der Waals surface area contributed by atoms with Gasteiger partial charge in [0.15, 0.2) is 29.9 Å². The number of nitrogens with one attached hydrogen (secondary N) is 2. The third kappa shape index (κ3) is 9.77. The summed E-state index contributed by atoms with van der Waals surface area (Å²) >= 11 is 2.14. The van der Waals surface area contributed by atoms with Gasteiger partial charge in [-0.3, -0.25) is 20.2 Å². The third-order valence-electron chi connectivity index (χ3n) is 7.56. The van der Waals surface area contributed by atoms with Crippen LogP contribution in [0, 0.1) is 13.8 Å². The van der Waals surface area contributed by atoms with Crippen LogP contribution in [0.3, 0.4) is 0 Å². The van der Waals surface area contributed by atoms with Crippen molar-refractivity contribution in [3.8, 4) is 32.3 Å². The number of rotatable bonds is 14. The van der Waals surface area contributed by atoms with Crippen LogP contribution in [0.25, 0.3) is 32.3 Å². The number of hydrogen-bond acceptors (Lipinski definition) is 16. The molecule has 0 fully saturated rings. The Morgan fingerprint density at radius 2 is 1.07 bits per heavy atom. The largest absolute Gasteiger partial charge is 0.412 e. The smallest absolute Gasteiger partial charge is 0.400 e. The highest BCUT2D eigenvalue weighted by Crippen LogP contribution is 2.37. The first kappa shape index (κ1) is 41.9. The molecule has 56 heavy (non-hydrogen) atoms. The van der Waals surface area contributed by atoms with Crippen molar-refractivity contribution < 1.29 is 48.7 Å². The van der Waals surface area contributed by atoms with Gasteiger partial charge in [-0.25, -0.2) is 45.1 Å². The minimum atomic E-state index is -4.80. The molecule has 4 aromatic heterocycles. The maximum absolute atomic E-state index is 12.6. The summed E-state index contributed by atoms with van der Waals surface area (Å²) in [7, 11) is -12.0. The number of anilines is 2. The van der Waals surface area contributed by atoms with E-state index in [1.807, 2.05) is 0 Å². The monoisotopic (exact) mass is 864 g/mol. The molecule has 19 nitrogen and oxygen atoms in total. The Balaban J connectivity index is 0.00000600. The molecule has 0 aliphatic rings. The van der Waals surface area contributed by atoms with Gasteiger partial charge in [-0.2, -0.15) is 8.42 Å². The number of carbonyl (C=O) groups excluding carboxylic acids is 2. The Hall–Kier alpha value is -5.21. The fourth-order valence-electron chi connectivity index (χ4n) is 5.18. The molecule has 0 saturated heterocycles. The Morgan fingerprint density at radius 3 is 1.41 bits per heavy atom. The zero-order valence-corrected chi connectivity index (χ0v) is 33.7. The van der Waals surface area contributed by atoms with E-state index < -0.39 is 55.1 Å². The molecule has 2 aromatic carbocycles. The average Bonchev–Trinajstić information content (AvgIpc) is 3.94. The number of aryl methyl sites for hydroxylation is 2. The van der Waals surface area contributed by atoms with Crippen molar-refractivity contribution in [2.75, 3.05) is 36.4 Å². The van der Waals surface area contributed by atoms with E-state index in [1.54, 1.807) is 59.6 Å². The summed E-state index contributed by atoms with van der Waals surface area (Å²) < 4.78 is 86.7. The molecule has 0 bridgehead atoms. The first-order valence-corrected chi connectivity index (χ1v) is 22.4. The number of sulfone groups is 2. The Bertz CT molecular complexity index is 2560. The van der Waals surface area contributed by atoms with E-state index in [0.717, 1.165) is 35.2 Å². The zero-order valence-electron chi connectivity index (χ0n) is 29.6. The van der Waals surface area contributed by atoms with Crippen molar-refractivity contribution in [1.29, 1.82) is 0 Å². The molecule has 6 aromatic rings. The van der Waals surface area contributed by atoms with E-state index in [-0.39, 0.29) is 25.5 Å². The Kier molecular flexibility index (Phi) is 12.3. The molecule has 0 radical (unpaired) electrons. The van der Waals surface area contributed by atoms with Crippen LogP contribution in [-0.2, 0) is 48.0 Å². The highest BCUT2D eigenvalue weighted by atomic mass is 32.3. The van der Waals surface area contributed by atoms with Gasteiger partial charge in [0.05, 0.1) is 55.0 Å². The fraction of sp³-hybridized carbons (Fsp3) is 0.188. The van der Waals surface area contributed by atoms with Crippen LogP contribution >= 0.6 is 22.7 Å². The van der Waals surface area contributed by atoms with Gasteiger partial charge in [0.1, 0.15) is 13.2 Å². The topological polar surface area (TPSA) is 272 Å². The molecule has 4 N–H and O–H groups in total. The van der Waals surface area contributed by atoms with Crippen molar-refractivity contribution in [2.45, 2.75) is 23.6 Å². The van der Waals surface area contributed by atoms with Crippen molar-refractivity contribution in [3.05, 3.63) is 85.2 Å². The van der Waals surface area contributed by atoms with Crippen LogP contribution in [0.15, 0.2) is 83.6 Å². The number of benzene rings is 2. The number of imidazole rings is 2. The van der Waals surface area contributed by atoms with Crippen LogP contribution < -0.4 is 10.6 Å². The Morgan fingerprint density at radius 1 is 0.679 bits per heavy atom. The molecule has 6 rings (SSSR count). The van der Waals surface area contributed by atoms with Crippen LogP contribution in [0.1, 0.15) is 11.4 Å². The number of nitrogens with zero attached hydrogens (tertiary/aromatic N) is 6. The molecular weight excluding hydrogens is 833 g/mol. The number of aromatic nitrogens is 6. The Labute approximate surface area is 328 Å². The van der Waals surface area contributed by atoms with Gasteiger partial charge in [0.2, 0.25) is 0 Å². The average molecular weight is 865 g/mol. The third-order valence-corrected chi connectivity index (χ3v) is 12.9. The van der Waals surface area contributed by atoms with Crippen LogP contribution in [0.4, 0.5) is 10.3 Å². The minimum absolute atomic E-state index is 0. The summed E-state index contributed by atoms with van der Waals surface area (Å²) in [5, 5.41) is 5.16. The molecular formula is C32H32N8O11S5. The zero-order chi connectivity index (χ0) is 39.7. The van der Waals surface area contributed by atoms with E-state index in [0.29, 0.717) is 43.6 Å². The summed E-state index contributed by atoms with van der Waals surface area (Å²) in [4.78, 5) is 43.2. The van der Waals surface area contributed by atoms with Gasteiger partial charge in [-0.1, -0.05) is 34.8 Å². The normalized spacial score (nSPS) is 11.9. The van der Waals surface area contributed by atoms with Gasteiger partial charge in [0, 0.05) is 37.3 Å². The van der Waals surface area contributed by atoms with Gasteiger partial charge in [-0.15, -0.1) is 0 Å². The number of amides is 2. The van der Waals surface area contributed by atoms with Gasteiger partial charge in [0.25, 0.3) is 11.8 Å². The number of hydrogen-bond donors (Lipinski definition) is 2. The first-order valence-electron chi connectivity index (χ1n) is 15.6. The molecule has 4 heterocycles. The van der Waals surface area contributed by atoms with Crippen molar-refractivity contribution in [3.63, 3.8) is 0 Å². The van der Waals surface area contributed by atoms with Crippen molar-refractivity contribution in [2.24, 2.45) is 0 Å².